The van der Waals surface area contributed by atoms with Crippen LogP contribution in [0.4, 0.5) is 0 Å². The lowest BCUT2D eigenvalue weighted by Crippen LogP contribution is -2.27. The largest absolute Gasteiger partial charge is 0.395 e. The van der Waals surface area contributed by atoms with Gasteiger partial charge >= 0.3 is 0 Å². The van der Waals surface area contributed by atoms with Crippen molar-refractivity contribution in [2.24, 2.45) is 5.92 Å². The third kappa shape index (κ3) is 8.38. The molecule has 1 amide bonds. The lowest BCUT2D eigenvalue weighted by Gasteiger charge is -2.06. The summed E-state index contributed by atoms with van der Waals surface area (Å²) in [5, 5.41) is 11.0. The van der Waals surface area contributed by atoms with E-state index in [0.29, 0.717) is 19.6 Å². The number of carbonyl (C=O) groups excluding carboxylic acids is 2. The Morgan fingerprint density at radius 2 is 1.88 bits per heavy atom. The fourth-order valence-corrected chi connectivity index (χ4v) is 1.01. The predicted molar refractivity (Wildman–Crippen MR) is 60.0 cm³/mol. The van der Waals surface area contributed by atoms with Gasteiger partial charge in [-0.05, 0) is 0 Å². The molecule has 0 spiro atoms. The Hall–Kier alpha value is -0.940. The van der Waals surface area contributed by atoms with E-state index in [-0.39, 0.29) is 37.2 Å². The maximum absolute atomic E-state index is 11.2. The van der Waals surface area contributed by atoms with Crippen LogP contribution in [0.3, 0.4) is 0 Å². The van der Waals surface area contributed by atoms with Crippen LogP contribution in [-0.4, -0.2) is 43.2 Å². The zero-order valence-electron chi connectivity index (χ0n) is 9.99. The van der Waals surface area contributed by atoms with Gasteiger partial charge in [-0.15, -0.1) is 0 Å². The summed E-state index contributed by atoms with van der Waals surface area (Å²) in [4.78, 5) is 22.2. The number of rotatable bonds is 9. The van der Waals surface area contributed by atoms with Gasteiger partial charge in [0.05, 0.1) is 19.8 Å². The zero-order chi connectivity index (χ0) is 12.4. The van der Waals surface area contributed by atoms with Crippen molar-refractivity contribution in [3.05, 3.63) is 0 Å². The molecule has 0 aliphatic carbocycles. The van der Waals surface area contributed by atoms with Gasteiger partial charge in [-0.25, -0.2) is 0 Å². The van der Waals surface area contributed by atoms with Crippen LogP contribution in [0.1, 0.15) is 26.7 Å². The van der Waals surface area contributed by atoms with Gasteiger partial charge in [0.25, 0.3) is 0 Å². The third-order valence-electron chi connectivity index (χ3n) is 2.04. The van der Waals surface area contributed by atoms with Crippen molar-refractivity contribution >= 4 is 11.7 Å². The van der Waals surface area contributed by atoms with E-state index in [1.165, 1.54) is 0 Å². The summed E-state index contributed by atoms with van der Waals surface area (Å²) in [6.07, 6.45) is 0.659. The number of amides is 1. The first-order valence-corrected chi connectivity index (χ1v) is 5.56. The summed E-state index contributed by atoms with van der Waals surface area (Å²) >= 11 is 0. The molecule has 0 atom stereocenters. The molecule has 0 unspecified atom stereocenters. The minimum absolute atomic E-state index is 0.0384. The molecule has 5 heteroatoms. The molecule has 0 heterocycles. The molecule has 0 aromatic carbocycles. The Morgan fingerprint density at radius 3 is 2.44 bits per heavy atom. The van der Waals surface area contributed by atoms with Crippen molar-refractivity contribution in [1.82, 2.24) is 5.32 Å². The smallest absolute Gasteiger partial charge is 0.222 e. The topological polar surface area (TPSA) is 75.6 Å². The SMILES string of the molecule is CC(C)C(=O)CCOCCC(=O)NCCO. The molecule has 16 heavy (non-hydrogen) atoms. The molecule has 0 bridgehead atoms. The molecular formula is C11H21NO4. The molecule has 0 rings (SSSR count). The van der Waals surface area contributed by atoms with Gasteiger partial charge in [-0.1, -0.05) is 13.8 Å². The Balaban J connectivity index is 3.33. The second-order valence-corrected chi connectivity index (χ2v) is 3.81. The van der Waals surface area contributed by atoms with E-state index in [1.54, 1.807) is 0 Å². The highest BCUT2D eigenvalue weighted by Crippen LogP contribution is 1.98. The van der Waals surface area contributed by atoms with E-state index in [2.05, 4.69) is 5.32 Å². The van der Waals surface area contributed by atoms with Crippen LogP contribution in [0, 0.1) is 5.92 Å². The summed E-state index contributed by atoms with van der Waals surface area (Å²) in [5.41, 5.74) is 0. The van der Waals surface area contributed by atoms with Gasteiger partial charge in [-0.3, -0.25) is 9.59 Å². The summed E-state index contributed by atoms with van der Waals surface area (Å²) in [5.74, 6) is 0.0606. The van der Waals surface area contributed by atoms with Crippen LogP contribution >= 0.6 is 0 Å². The Morgan fingerprint density at radius 1 is 1.25 bits per heavy atom. The molecule has 94 valence electrons. The first kappa shape index (κ1) is 15.1. The van der Waals surface area contributed by atoms with E-state index in [9.17, 15) is 9.59 Å². The fraction of sp³-hybridized carbons (Fsp3) is 0.818. The number of nitrogens with one attached hydrogen (secondary N) is 1. The first-order chi connectivity index (χ1) is 7.57. The molecule has 0 aromatic rings. The number of carbonyl (C=O) groups is 2. The number of aliphatic hydroxyl groups is 1. The quantitative estimate of drug-likeness (QED) is 0.552. The number of ether oxygens (including phenoxy) is 1. The molecular weight excluding hydrogens is 210 g/mol. The zero-order valence-corrected chi connectivity index (χ0v) is 9.99. The van der Waals surface area contributed by atoms with Crippen LogP contribution in [-0.2, 0) is 14.3 Å². The van der Waals surface area contributed by atoms with Crippen LogP contribution in [0.15, 0.2) is 0 Å². The molecule has 0 saturated heterocycles. The summed E-state index contributed by atoms with van der Waals surface area (Å²) in [6.45, 7) is 4.59. The van der Waals surface area contributed by atoms with Crippen LogP contribution < -0.4 is 5.32 Å². The number of Topliss-reactive ketones (excluding diaryl/α,β-unsaturated/α-hetero) is 1. The molecule has 2 N–H and O–H groups in total. The molecule has 0 aliphatic heterocycles. The first-order valence-electron chi connectivity index (χ1n) is 5.56. The molecule has 0 saturated carbocycles. The van der Waals surface area contributed by atoms with Gasteiger partial charge in [0.1, 0.15) is 5.78 Å². The maximum atomic E-state index is 11.2. The van der Waals surface area contributed by atoms with E-state index in [1.807, 2.05) is 13.8 Å². The van der Waals surface area contributed by atoms with E-state index >= 15 is 0 Å². The highest BCUT2D eigenvalue weighted by atomic mass is 16.5. The Labute approximate surface area is 96.2 Å². The maximum Gasteiger partial charge on any atom is 0.222 e. The van der Waals surface area contributed by atoms with Crippen molar-refractivity contribution in [2.45, 2.75) is 26.7 Å². The van der Waals surface area contributed by atoms with Crippen molar-refractivity contribution < 1.29 is 19.4 Å². The average Bonchev–Trinajstić information content (AvgIpc) is 2.25. The van der Waals surface area contributed by atoms with Crippen molar-refractivity contribution in [1.29, 1.82) is 0 Å². The van der Waals surface area contributed by atoms with E-state index < -0.39 is 0 Å². The van der Waals surface area contributed by atoms with Crippen molar-refractivity contribution in [3.8, 4) is 0 Å². The highest BCUT2D eigenvalue weighted by Gasteiger charge is 2.06. The van der Waals surface area contributed by atoms with Gasteiger partial charge in [0.15, 0.2) is 0 Å². The monoisotopic (exact) mass is 231 g/mol. The summed E-state index contributed by atoms with van der Waals surface area (Å²) in [7, 11) is 0. The number of hydrogen-bond donors (Lipinski definition) is 2. The fourth-order valence-electron chi connectivity index (χ4n) is 1.01. The van der Waals surface area contributed by atoms with E-state index in [0.717, 1.165) is 0 Å². The average molecular weight is 231 g/mol. The number of aliphatic hydroxyl groups excluding tert-OH is 1. The number of ketones is 1. The normalized spacial score (nSPS) is 10.5. The van der Waals surface area contributed by atoms with Gasteiger partial charge in [-0.2, -0.15) is 0 Å². The lowest BCUT2D eigenvalue weighted by atomic mass is 10.1. The predicted octanol–water partition coefficient (Wildman–Crippen LogP) is 0.117. The van der Waals surface area contributed by atoms with Gasteiger partial charge in [0, 0.05) is 25.3 Å². The van der Waals surface area contributed by atoms with Gasteiger partial charge in [0.2, 0.25) is 5.91 Å². The van der Waals surface area contributed by atoms with Crippen molar-refractivity contribution in [3.63, 3.8) is 0 Å². The highest BCUT2D eigenvalue weighted by molar-refractivity contribution is 5.80. The standard InChI is InChI=1S/C11H21NO4/c1-9(2)10(14)3-7-16-8-4-11(15)12-5-6-13/h9,13H,3-8H2,1-2H3,(H,12,15). The Bertz CT molecular complexity index is 216. The van der Waals surface area contributed by atoms with Gasteiger partial charge < -0.3 is 15.2 Å². The molecule has 0 fully saturated rings. The summed E-state index contributed by atoms with van der Waals surface area (Å²) < 4.78 is 5.16. The van der Waals surface area contributed by atoms with Crippen molar-refractivity contribution in [2.75, 3.05) is 26.4 Å². The lowest BCUT2D eigenvalue weighted by molar-refractivity contribution is -0.123. The minimum atomic E-state index is -0.149. The Kier molecular flexibility index (Phi) is 8.75. The second-order valence-electron chi connectivity index (χ2n) is 3.81. The number of hydrogen-bond acceptors (Lipinski definition) is 4. The van der Waals surface area contributed by atoms with E-state index in [4.69, 9.17) is 9.84 Å². The third-order valence-corrected chi connectivity index (χ3v) is 2.04. The second kappa shape index (κ2) is 9.30. The molecule has 5 nitrogen and oxygen atoms in total. The summed E-state index contributed by atoms with van der Waals surface area (Å²) in [6, 6.07) is 0. The van der Waals surface area contributed by atoms with Crippen LogP contribution in [0.5, 0.6) is 0 Å². The molecule has 0 aromatic heterocycles. The molecule has 0 radical (unpaired) electrons. The van der Waals surface area contributed by atoms with Crippen LogP contribution in [0.2, 0.25) is 0 Å². The minimum Gasteiger partial charge on any atom is -0.395 e. The van der Waals surface area contributed by atoms with Crippen LogP contribution in [0.25, 0.3) is 0 Å². The molecule has 0 aliphatic rings.